The molecular formula is C28H27IrN2O3+. The van der Waals surface area contributed by atoms with Gasteiger partial charge in [-0.05, 0) is 25.3 Å². The van der Waals surface area contributed by atoms with Crippen molar-refractivity contribution >= 4 is 50.8 Å². The first-order chi connectivity index (χ1) is 16.0. The fourth-order valence-corrected chi connectivity index (χ4v) is 3.86. The first-order valence-corrected chi connectivity index (χ1v) is 11.1. The van der Waals surface area contributed by atoms with Crippen molar-refractivity contribution in [2.45, 2.75) is 33.6 Å². The first kappa shape index (κ1) is 25.3. The fraction of sp³-hybridized carbons (Fsp3) is 0.214. The third kappa shape index (κ3) is 5.43. The standard InChI is InChI=1S/C23H19N2O.C5H8O2.Ir/c1-2-3-14-24-16-25(21-10-6-5-9-20(21)24)17-12-13-19-18-8-4-7-11-22(18)26-23(19)15-17;1-4(6)3-5(2)7;/h4-11,13,15H,2-3,14H2,1H3;3,6H,1-2H3;/q+1;;/b;4-3-;. The predicted octanol–water partition coefficient (Wildman–Crippen LogP) is 6.89. The predicted molar refractivity (Wildman–Crippen MR) is 132 cm³/mol. The van der Waals surface area contributed by atoms with Crippen LogP contribution in [0.2, 0.25) is 0 Å². The summed E-state index contributed by atoms with van der Waals surface area (Å²) in [5.41, 5.74) is 5.07. The van der Waals surface area contributed by atoms with E-state index in [1.54, 1.807) is 0 Å². The van der Waals surface area contributed by atoms with E-state index in [0.29, 0.717) is 0 Å². The molecule has 1 aliphatic rings. The number of benzene rings is 3. The molecule has 0 atom stereocenters. The quantitative estimate of drug-likeness (QED) is 0.113. The molecule has 1 aromatic heterocycles. The van der Waals surface area contributed by atoms with Crippen molar-refractivity contribution in [1.82, 2.24) is 4.58 Å². The Morgan fingerprint density at radius 2 is 1.76 bits per heavy atom. The monoisotopic (exact) mass is 632 g/mol. The molecule has 1 N–H and O–H groups in total. The van der Waals surface area contributed by atoms with E-state index in [1.165, 1.54) is 25.6 Å². The van der Waals surface area contributed by atoms with Crippen molar-refractivity contribution in [2.24, 2.45) is 0 Å². The molecule has 5 rings (SSSR count). The molecule has 34 heavy (non-hydrogen) atoms. The summed E-state index contributed by atoms with van der Waals surface area (Å²) in [6.45, 7) is 6.03. The Labute approximate surface area is 212 Å². The zero-order valence-electron chi connectivity index (χ0n) is 19.5. The van der Waals surface area contributed by atoms with Crippen LogP contribution in [0.1, 0.15) is 33.6 Å². The Morgan fingerprint density at radius 1 is 1.06 bits per heavy atom. The van der Waals surface area contributed by atoms with Crippen LogP contribution in [0.4, 0.5) is 17.1 Å². The van der Waals surface area contributed by atoms with Crippen LogP contribution in [0.3, 0.4) is 0 Å². The Bertz CT molecular complexity index is 1440. The van der Waals surface area contributed by atoms with Crippen LogP contribution in [0.25, 0.3) is 21.9 Å². The summed E-state index contributed by atoms with van der Waals surface area (Å²) in [4.78, 5) is 10.0. The number of rotatable bonds is 5. The topological polar surface area (TPSA) is 56.5 Å². The van der Waals surface area contributed by atoms with Crippen molar-refractivity contribution in [1.29, 1.82) is 0 Å². The van der Waals surface area contributed by atoms with Gasteiger partial charge >= 0.3 is 6.01 Å². The van der Waals surface area contributed by atoms with E-state index in [4.69, 9.17) is 9.52 Å². The second-order valence-corrected chi connectivity index (χ2v) is 8.02. The van der Waals surface area contributed by atoms with Gasteiger partial charge in [0, 0.05) is 50.3 Å². The average Bonchev–Trinajstić information content (AvgIpc) is 3.35. The van der Waals surface area contributed by atoms with Gasteiger partial charge in [0.2, 0.25) is 0 Å². The summed E-state index contributed by atoms with van der Waals surface area (Å²) < 4.78 is 10.3. The molecule has 5 nitrogen and oxygen atoms in total. The molecule has 0 saturated heterocycles. The number of nitrogens with zero attached hydrogens (tertiary/aromatic N) is 2. The number of fused-ring (bicyclic) bond motifs is 4. The fourth-order valence-electron chi connectivity index (χ4n) is 3.86. The number of aliphatic hydroxyl groups excluding tert-OH is 1. The van der Waals surface area contributed by atoms with E-state index in [2.05, 4.69) is 64.5 Å². The van der Waals surface area contributed by atoms with Gasteiger partial charge in [0.25, 0.3) is 11.4 Å². The molecule has 0 bridgehead atoms. The molecular weight excluding hydrogens is 605 g/mol. The Balaban J connectivity index is 0.000000357. The number of para-hydroxylation sites is 3. The molecule has 4 aromatic rings. The molecule has 0 unspecified atom stereocenters. The van der Waals surface area contributed by atoms with E-state index in [-0.39, 0.29) is 31.6 Å². The van der Waals surface area contributed by atoms with Crippen molar-refractivity contribution in [3.8, 4) is 0 Å². The van der Waals surface area contributed by atoms with Crippen LogP contribution >= 0.6 is 0 Å². The van der Waals surface area contributed by atoms with Gasteiger partial charge in [-0.15, -0.1) is 6.07 Å². The molecule has 0 spiro atoms. The summed E-state index contributed by atoms with van der Waals surface area (Å²) in [5.74, 6) is -0.0625. The van der Waals surface area contributed by atoms with Gasteiger partial charge in [0.1, 0.15) is 11.3 Å². The van der Waals surface area contributed by atoms with Crippen LogP contribution in [-0.4, -0.2) is 28.0 Å². The number of unbranched alkanes of at least 4 members (excludes halogenated alkanes) is 1. The molecule has 175 valence electrons. The summed E-state index contributed by atoms with van der Waals surface area (Å²) in [6, 6.07) is 27.6. The number of carbonyl (C=O) groups is 1. The smallest absolute Gasteiger partial charge is 0.494 e. The summed E-state index contributed by atoms with van der Waals surface area (Å²) in [7, 11) is 0. The minimum atomic E-state index is -0.125. The molecule has 2 heterocycles. The van der Waals surface area contributed by atoms with E-state index < -0.39 is 0 Å². The molecule has 3 aromatic carbocycles. The third-order valence-electron chi connectivity index (χ3n) is 5.32. The molecule has 0 aliphatic carbocycles. The molecule has 6 heteroatoms. The van der Waals surface area contributed by atoms with E-state index >= 15 is 0 Å². The van der Waals surface area contributed by atoms with Gasteiger partial charge in [0.05, 0.1) is 5.76 Å². The van der Waals surface area contributed by atoms with Crippen LogP contribution in [-0.2, 0) is 24.9 Å². The number of allylic oxidation sites excluding steroid dienone is 2. The number of carbonyl (C=O) groups excluding carboxylic acids is 1. The number of hydrogen-bond acceptors (Lipinski definition) is 3. The normalized spacial score (nSPS) is 12.4. The summed E-state index contributed by atoms with van der Waals surface area (Å²) in [6.07, 6.45) is 3.47. The Morgan fingerprint density at radius 3 is 2.44 bits per heavy atom. The molecule has 0 fully saturated rings. The molecule has 0 amide bonds. The van der Waals surface area contributed by atoms with Gasteiger partial charge < -0.3 is 9.52 Å². The Hall–Kier alpha value is -3.30. The molecule has 1 radical (unpaired) electrons. The second-order valence-electron chi connectivity index (χ2n) is 8.02. The zero-order chi connectivity index (χ0) is 23.4. The van der Waals surface area contributed by atoms with Gasteiger partial charge in [-0.3, -0.25) is 4.79 Å². The Kier molecular flexibility index (Phi) is 8.35. The minimum absolute atomic E-state index is 0. The van der Waals surface area contributed by atoms with Crippen molar-refractivity contribution in [3.05, 3.63) is 78.6 Å². The van der Waals surface area contributed by atoms with Gasteiger partial charge in [-0.1, -0.05) is 64.3 Å². The van der Waals surface area contributed by atoms with Crippen LogP contribution in [0.15, 0.2) is 76.9 Å². The average molecular weight is 632 g/mol. The third-order valence-corrected chi connectivity index (χ3v) is 5.32. The second kappa shape index (κ2) is 11.2. The molecule has 0 saturated carbocycles. The van der Waals surface area contributed by atoms with Crippen molar-refractivity contribution in [3.63, 3.8) is 0 Å². The van der Waals surface area contributed by atoms with Crippen LogP contribution in [0.5, 0.6) is 0 Å². The minimum Gasteiger partial charge on any atom is -0.512 e. The maximum Gasteiger partial charge on any atom is 0.494 e. The maximum absolute atomic E-state index is 10.0. The largest absolute Gasteiger partial charge is 0.512 e. The van der Waals surface area contributed by atoms with Gasteiger partial charge in [0.15, 0.2) is 12.3 Å². The molecule has 1 aliphatic heterocycles. The zero-order valence-corrected chi connectivity index (χ0v) is 21.9. The number of furan rings is 1. The number of hydrogen-bond donors (Lipinski definition) is 1. The van der Waals surface area contributed by atoms with Gasteiger partial charge in [-0.25, -0.2) is 0 Å². The first-order valence-electron chi connectivity index (χ1n) is 11.1. The maximum atomic E-state index is 10.0. The van der Waals surface area contributed by atoms with Crippen LogP contribution in [0, 0.1) is 6.07 Å². The number of ketones is 1. The van der Waals surface area contributed by atoms with E-state index in [1.807, 2.05) is 24.3 Å². The summed E-state index contributed by atoms with van der Waals surface area (Å²) >= 11 is 0. The SMILES string of the molecule is CC(=O)/C=C(/C)O.CCCC[N+]1=C=[N+](c2[c-]cc3c(c2)oc2ccccc23)c2ccccc21.[Ir]. The van der Waals surface area contributed by atoms with E-state index in [0.717, 1.165) is 52.7 Å². The van der Waals surface area contributed by atoms with Crippen molar-refractivity contribution < 1.29 is 39.0 Å². The van der Waals surface area contributed by atoms with Crippen molar-refractivity contribution in [2.75, 3.05) is 6.54 Å². The number of aliphatic hydroxyl groups is 1. The summed E-state index contributed by atoms with van der Waals surface area (Å²) in [5, 5.41) is 10.6. The van der Waals surface area contributed by atoms with Gasteiger partial charge in [-0.2, -0.15) is 6.07 Å². The van der Waals surface area contributed by atoms with Crippen LogP contribution < -0.4 is 4.58 Å². The van der Waals surface area contributed by atoms with E-state index in [9.17, 15) is 4.79 Å².